The molecule has 1 aromatic carbocycles. The summed E-state index contributed by atoms with van der Waals surface area (Å²) in [5.74, 6) is 12.6. The first-order chi connectivity index (χ1) is 12.3. The molecule has 1 aromatic rings. The van der Waals surface area contributed by atoms with Gasteiger partial charge in [-0.25, -0.2) is 0 Å². The van der Waals surface area contributed by atoms with Gasteiger partial charge in [0.15, 0.2) is 0 Å². The highest BCUT2D eigenvalue weighted by Crippen LogP contribution is 2.17. The summed E-state index contributed by atoms with van der Waals surface area (Å²) in [5, 5.41) is 0. The Morgan fingerprint density at radius 2 is 1.88 bits per heavy atom. The van der Waals surface area contributed by atoms with E-state index in [1.165, 1.54) is 0 Å². The minimum Gasteiger partial charge on any atom is -0.274 e. The minimum absolute atomic E-state index is 0.505. The van der Waals surface area contributed by atoms with Crippen LogP contribution in [0.5, 0.6) is 0 Å². The molecule has 0 saturated heterocycles. The first-order valence-electron chi connectivity index (χ1n) is 8.21. The summed E-state index contributed by atoms with van der Waals surface area (Å²) in [6.07, 6.45) is 14.5. The third-order valence-corrected chi connectivity index (χ3v) is 3.77. The van der Waals surface area contributed by atoms with Gasteiger partial charge >= 0.3 is 7.21 Å². The normalized spacial score (nSPS) is 21.8. The third-order valence-electron chi connectivity index (χ3n) is 3.77. The predicted octanol–water partition coefficient (Wildman–Crippen LogP) is 4.37. The van der Waals surface area contributed by atoms with Gasteiger partial charge in [0.2, 0.25) is 0 Å². The fourth-order valence-corrected chi connectivity index (χ4v) is 2.45. The number of fused-ring (bicyclic) bond motifs is 3. The van der Waals surface area contributed by atoms with Crippen LogP contribution in [0.25, 0.3) is 6.08 Å². The first-order valence-corrected chi connectivity index (χ1v) is 7.80. The van der Waals surface area contributed by atoms with Crippen molar-refractivity contribution in [2.75, 3.05) is 0 Å². The van der Waals surface area contributed by atoms with Crippen LogP contribution in [-0.4, -0.2) is 10.6 Å². The molecule has 0 amide bonds. The zero-order chi connectivity index (χ0) is 17.5. The molecule has 0 aliphatic heterocycles. The Labute approximate surface area is 144 Å². The Morgan fingerprint density at radius 3 is 2.79 bits per heavy atom. The maximum absolute atomic E-state index is 7.38. The molecule has 0 heterocycles. The van der Waals surface area contributed by atoms with Crippen molar-refractivity contribution in [2.45, 2.75) is 13.3 Å². The number of allylic oxidation sites excluding steroid dienone is 9. The van der Waals surface area contributed by atoms with Gasteiger partial charge in [-0.3, -0.25) is 4.80 Å². The lowest BCUT2D eigenvalue weighted by molar-refractivity contribution is 0.680. The molecule has 0 saturated carbocycles. The van der Waals surface area contributed by atoms with E-state index in [9.17, 15) is 0 Å². The Balaban J connectivity index is 2.14. The average Bonchev–Trinajstić information content (AvgIpc) is 2.85. The van der Waals surface area contributed by atoms with Crippen molar-refractivity contribution >= 4 is 11.9 Å². The van der Waals surface area contributed by atoms with Crippen LogP contribution in [0, 0.1) is 23.7 Å². The van der Waals surface area contributed by atoms with E-state index in [2.05, 4.69) is 23.7 Å². The van der Waals surface area contributed by atoms with Gasteiger partial charge in [0.05, 0.1) is 5.57 Å². The van der Waals surface area contributed by atoms with E-state index in [1.54, 1.807) is 0 Å². The topological polar surface area (TPSA) is 21.4 Å². The quantitative estimate of drug-likeness (QED) is 0.501. The van der Waals surface area contributed by atoms with Gasteiger partial charge in [-0.05, 0) is 48.1 Å². The smallest absolute Gasteiger partial charge is 0.274 e. The van der Waals surface area contributed by atoms with Crippen LogP contribution >= 0.6 is 0 Å². The first kappa shape index (κ1) is 14.3. The number of hydrogen-bond acceptors (Lipinski definition) is 0. The van der Waals surface area contributed by atoms with E-state index in [1.807, 2.05) is 73.7 Å². The monoisotopic (exact) mass is 310 g/mol. The molecule has 0 unspecified atom stereocenters. The van der Waals surface area contributed by atoms with Crippen LogP contribution in [0.4, 0.5) is 0 Å². The SMILES string of the molecule is [2H][O+]=C1/C=C/C2=CC=CC=C(C#CC#Cc3ccccc3/C=C/1C)C2. The van der Waals surface area contributed by atoms with Gasteiger partial charge in [-0.15, -0.1) is 0 Å². The van der Waals surface area contributed by atoms with Gasteiger partial charge in [-0.2, -0.15) is 0 Å². The Kier molecular flexibility index (Phi) is 4.36. The molecule has 2 aliphatic carbocycles. The number of carbonyl (C=O) groups excluding carboxylic acids is 1. The van der Waals surface area contributed by atoms with E-state index in [0.717, 1.165) is 34.3 Å². The van der Waals surface area contributed by atoms with Crippen molar-refractivity contribution in [1.29, 1.82) is 0 Å². The highest BCUT2D eigenvalue weighted by Gasteiger charge is 2.09. The second-order valence-corrected chi connectivity index (χ2v) is 5.61. The summed E-state index contributed by atoms with van der Waals surface area (Å²) in [4.78, 5) is 4.84. The van der Waals surface area contributed by atoms with Crippen molar-refractivity contribution in [3.63, 3.8) is 0 Å². The Bertz CT molecular complexity index is 990. The minimum atomic E-state index is 0.505. The molecule has 2 bridgehead atoms. The largest absolute Gasteiger partial charge is 0.686 e. The second kappa shape index (κ2) is 7.32. The molecule has 1 N–H and O–H groups in total. The Hall–Kier alpha value is -3.29. The summed E-state index contributed by atoms with van der Waals surface area (Å²) in [6.45, 7) is 1.93. The maximum Gasteiger partial charge on any atom is 0.686 e. The number of rotatable bonds is 0. The van der Waals surface area contributed by atoms with Crippen molar-refractivity contribution in [3.8, 4) is 23.7 Å². The molecule has 1 nitrogen and oxygen atoms in total. The fraction of sp³-hybridized carbons (Fsp3) is 0.0870. The van der Waals surface area contributed by atoms with E-state index in [-0.39, 0.29) is 0 Å². The summed E-state index contributed by atoms with van der Waals surface area (Å²) < 4.78 is 7.38. The summed E-state index contributed by atoms with van der Waals surface area (Å²) in [7, 11) is 0. The van der Waals surface area contributed by atoms with E-state index in [0.29, 0.717) is 5.78 Å². The van der Waals surface area contributed by atoms with Gasteiger partial charge in [0.25, 0.3) is 0 Å². The molecule has 0 atom stereocenters. The van der Waals surface area contributed by atoms with E-state index < -0.39 is 0 Å². The summed E-state index contributed by atoms with van der Waals surface area (Å²) in [5.41, 5.74) is 4.85. The van der Waals surface area contributed by atoms with Crippen molar-refractivity contribution < 1.29 is 6.23 Å². The lowest BCUT2D eigenvalue weighted by Crippen LogP contribution is -1.96. The summed E-state index contributed by atoms with van der Waals surface area (Å²) >= 11 is 0. The molecule has 2 aliphatic rings. The highest BCUT2D eigenvalue weighted by atomic mass is 16.1. The number of ketones is 1. The molecular weight excluding hydrogens is 292 g/mol. The third kappa shape index (κ3) is 3.92. The summed E-state index contributed by atoms with van der Waals surface area (Å²) in [6, 6.07) is 7.87. The lowest BCUT2D eigenvalue weighted by Gasteiger charge is -2.00. The van der Waals surface area contributed by atoms with Crippen LogP contribution in [0.15, 0.2) is 77.4 Å². The van der Waals surface area contributed by atoms with E-state index >= 15 is 0 Å². The molecule has 3 rings (SSSR count). The predicted molar refractivity (Wildman–Crippen MR) is 101 cm³/mol. The highest BCUT2D eigenvalue weighted by molar-refractivity contribution is 6.07. The van der Waals surface area contributed by atoms with Crippen molar-refractivity contribution in [1.82, 2.24) is 0 Å². The van der Waals surface area contributed by atoms with Gasteiger partial charge in [-0.1, -0.05) is 54.3 Å². The molecule has 114 valence electrons. The molecule has 0 spiro atoms. The molecule has 0 radical (unpaired) electrons. The average molecular weight is 310 g/mol. The van der Waals surface area contributed by atoms with Gasteiger partial charge in [0, 0.05) is 23.6 Å². The van der Waals surface area contributed by atoms with Crippen LogP contribution in [0.2, 0.25) is 0 Å². The molecular formula is C23H17O+. The Morgan fingerprint density at radius 1 is 1.04 bits per heavy atom. The second-order valence-electron chi connectivity index (χ2n) is 5.61. The molecule has 24 heavy (non-hydrogen) atoms. The van der Waals surface area contributed by atoms with Crippen molar-refractivity contribution in [3.05, 3.63) is 88.6 Å². The van der Waals surface area contributed by atoms with Crippen LogP contribution in [-0.2, 0) is 0 Å². The van der Waals surface area contributed by atoms with Crippen LogP contribution in [0.1, 0.15) is 25.9 Å². The molecule has 0 aromatic heterocycles. The standard InChI is InChI=1S/C23H16O/c1-18-16-22-13-7-6-12-21(22)11-5-4-9-19-8-2-3-10-20(17-19)14-15-23(18)24/h2-3,6-8,10,12-16H,17H2,1H3/p+1/b15-14+,18-16+/i/hD. The fourth-order valence-electron chi connectivity index (χ4n) is 2.45. The number of hydrogen-bond donors (Lipinski definition) is 0. The van der Waals surface area contributed by atoms with E-state index in [4.69, 9.17) is 6.23 Å². The maximum atomic E-state index is 7.38. The number of benzene rings is 1. The zero-order valence-electron chi connectivity index (χ0n) is 14.5. The van der Waals surface area contributed by atoms with Gasteiger partial charge in [0.1, 0.15) is 0 Å². The van der Waals surface area contributed by atoms with Crippen LogP contribution < -0.4 is 0 Å². The van der Waals surface area contributed by atoms with Crippen LogP contribution in [0.3, 0.4) is 0 Å². The van der Waals surface area contributed by atoms with Crippen molar-refractivity contribution in [2.24, 2.45) is 0 Å². The van der Waals surface area contributed by atoms with Gasteiger partial charge < -0.3 is 0 Å². The molecule has 0 fully saturated rings. The zero-order valence-corrected chi connectivity index (χ0v) is 13.5. The molecule has 1 heteroatoms. The lowest BCUT2D eigenvalue weighted by atomic mass is 10.0.